The van der Waals surface area contributed by atoms with Crippen molar-refractivity contribution >= 4 is 11.5 Å². The van der Waals surface area contributed by atoms with Crippen molar-refractivity contribution in [1.82, 2.24) is 14.9 Å². The molecule has 90 valence electrons. The van der Waals surface area contributed by atoms with Crippen LogP contribution in [0.2, 0.25) is 0 Å². The number of nitrogens with zero attached hydrogens (tertiary/aromatic N) is 2. The Bertz CT molecular complexity index is 439. The van der Waals surface area contributed by atoms with Crippen LogP contribution >= 0.6 is 11.5 Å². The van der Waals surface area contributed by atoms with Crippen LogP contribution in [-0.2, 0) is 19.5 Å². The number of hydrogen-bond donors (Lipinski definition) is 1. The van der Waals surface area contributed by atoms with Crippen LogP contribution in [0.1, 0.15) is 29.5 Å². The van der Waals surface area contributed by atoms with E-state index in [9.17, 15) is 0 Å². The van der Waals surface area contributed by atoms with Gasteiger partial charge in [-0.15, -0.1) is 5.10 Å². The van der Waals surface area contributed by atoms with Crippen molar-refractivity contribution in [3.63, 3.8) is 0 Å². The predicted molar refractivity (Wildman–Crippen MR) is 70.9 cm³/mol. The fraction of sp³-hybridized carbons (Fsp3) is 0.385. The van der Waals surface area contributed by atoms with E-state index in [-0.39, 0.29) is 0 Å². The van der Waals surface area contributed by atoms with E-state index in [2.05, 4.69) is 46.1 Å². The van der Waals surface area contributed by atoms with E-state index in [0.717, 1.165) is 31.6 Å². The Morgan fingerprint density at radius 2 is 2.00 bits per heavy atom. The molecule has 0 aliphatic heterocycles. The molecule has 0 saturated carbocycles. The Balaban J connectivity index is 1.84. The highest BCUT2D eigenvalue weighted by atomic mass is 32.1. The third-order valence-corrected chi connectivity index (χ3v) is 3.34. The SMILES string of the molecule is CCCc1nnsc1CNCc1ccccc1. The van der Waals surface area contributed by atoms with Gasteiger partial charge in [-0.3, -0.25) is 0 Å². The normalized spacial score (nSPS) is 10.6. The molecule has 3 nitrogen and oxygen atoms in total. The Morgan fingerprint density at radius 1 is 1.18 bits per heavy atom. The lowest BCUT2D eigenvalue weighted by Crippen LogP contribution is -2.12. The van der Waals surface area contributed by atoms with E-state index < -0.39 is 0 Å². The highest BCUT2D eigenvalue weighted by molar-refractivity contribution is 7.05. The molecule has 0 atom stereocenters. The molecule has 2 rings (SSSR count). The lowest BCUT2D eigenvalue weighted by molar-refractivity contribution is 0.691. The lowest BCUT2D eigenvalue weighted by atomic mass is 10.2. The predicted octanol–water partition coefficient (Wildman–Crippen LogP) is 2.78. The van der Waals surface area contributed by atoms with Crippen molar-refractivity contribution in [2.75, 3.05) is 0 Å². The smallest absolute Gasteiger partial charge is 0.0800 e. The Labute approximate surface area is 106 Å². The number of rotatable bonds is 6. The summed E-state index contributed by atoms with van der Waals surface area (Å²) < 4.78 is 4.02. The number of aromatic nitrogens is 2. The van der Waals surface area contributed by atoms with Gasteiger partial charge < -0.3 is 5.32 Å². The third-order valence-electron chi connectivity index (χ3n) is 2.58. The Kier molecular flexibility index (Phi) is 4.64. The summed E-state index contributed by atoms with van der Waals surface area (Å²) in [6, 6.07) is 10.4. The average molecular weight is 247 g/mol. The fourth-order valence-corrected chi connectivity index (χ4v) is 2.36. The zero-order valence-electron chi connectivity index (χ0n) is 10.0. The van der Waals surface area contributed by atoms with E-state index in [1.54, 1.807) is 0 Å². The largest absolute Gasteiger partial charge is 0.308 e. The minimum atomic E-state index is 0.863. The molecule has 17 heavy (non-hydrogen) atoms. The molecule has 0 saturated heterocycles. The second-order valence-electron chi connectivity index (χ2n) is 3.98. The lowest BCUT2D eigenvalue weighted by Gasteiger charge is -2.03. The van der Waals surface area contributed by atoms with E-state index in [1.165, 1.54) is 22.0 Å². The maximum Gasteiger partial charge on any atom is 0.0800 e. The highest BCUT2D eigenvalue weighted by Crippen LogP contribution is 2.12. The van der Waals surface area contributed by atoms with Gasteiger partial charge in [0, 0.05) is 13.1 Å². The van der Waals surface area contributed by atoms with Crippen molar-refractivity contribution in [3.8, 4) is 0 Å². The van der Waals surface area contributed by atoms with Crippen LogP contribution in [0.5, 0.6) is 0 Å². The number of nitrogens with one attached hydrogen (secondary N) is 1. The van der Waals surface area contributed by atoms with Crippen LogP contribution in [0.3, 0.4) is 0 Å². The molecule has 0 radical (unpaired) electrons. The molecule has 0 amide bonds. The highest BCUT2D eigenvalue weighted by Gasteiger charge is 2.05. The van der Waals surface area contributed by atoms with Crippen LogP contribution < -0.4 is 5.32 Å². The Morgan fingerprint density at radius 3 is 2.76 bits per heavy atom. The molecule has 0 unspecified atom stereocenters. The quantitative estimate of drug-likeness (QED) is 0.853. The minimum Gasteiger partial charge on any atom is -0.308 e. The van der Waals surface area contributed by atoms with Crippen molar-refractivity contribution < 1.29 is 0 Å². The zero-order chi connectivity index (χ0) is 11.9. The standard InChI is InChI=1S/C13H17N3S/c1-2-6-12-13(17-16-15-12)10-14-9-11-7-4-3-5-8-11/h3-5,7-8,14H,2,6,9-10H2,1H3. The molecule has 2 aromatic rings. The number of benzene rings is 1. The zero-order valence-corrected chi connectivity index (χ0v) is 10.8. The molecule has 1 heterocycles. The summed E-state index contributed by atoms with van der Waals surface area (Å²) in [6.45, 7) is 3.92. The first kappa shape index (κ1) is 12.2. The van der Waals surface area contributed by atoms with Crippen LogP contribution in [0.25, 0.3) is 0 Å². The van der Waals surface area contributed by atoms with Gasteiger partial charge in [-0.2, -0.15) is 0 Å². The van der Waals surface area contributed by atoms with Crippen LogP contribution in [-0.4, -0.2) is 9.59 Å². The minimum absolute atomic E-state index is 0.863. The van der Waals surface area contributed by atoms with Gasteiger partial charge in [0.05, 0.1) is 10.6 Å². The molecule has 1 aromatic carbocycles. The van der Waals surface area contributed by atoms with Gasteiger partial charge in [-0.25, -0.2) is 0 Å². The molecule has 4 heteroatoms. The third kappa shape index (κ3) is 3.61. The second-order valence-corrected chi connectivity index (χ2v) is 4.82. The van der Waals surface area contributed by atoms with Crippen LogP contribution in [0.4, 0.5) is 0 Å². The summed E-state index contributed by atoms with van der Waals surface area (Å²) in [5.41, 5.74) is 2.46. The van der Waals surface area contributed by atoms with Gasteiger partial charge in [-0.05, 0) is 23.5 Å². The van der Waals surface area contributed by atoms with Gasteiger partial charge in [0.15, 0.2) is 0 Å². The topological polar surface area (TPSA) is 37.8 Å². The maximum atomic E-state index is 4.16. The summed E-state index contributed by atoms with van der Waals surface area (Å²) in [5, 5.41) is 7.59. The van der Waals surface area contributed by atoms with E-state index in [4.69, 9.17) is 0 Å². The van der Waals surface area contributed by atoms with Crippen molar-refractivity contribution in [2.24, 2.45) is 0 Å². The first-order valence-corrected chi connectivity index (χ1v) is 6.72. The number of aryl methyl sites for hydroxylation is 1. The van der Waals surface area contributed by atoms with E-state index >= 15 is 0 Å². The molecular formula is C13H17N3S. The van der Waals surface area contributed by atoms with Gasteiger partial charge in [0.1, 0.15) is 0 Å². The second kappa shape index (κ2) is 6.47. The first-order valence-electron chi connectivity index (χ1n) is 5.95. The van der Waals surface area contributed by atoms with Gasteiger partial charge in [-0.1, -0.05) is 48.2 Å². The fourth-order valence-electron chi connectivity index (χ4n) is 1.70. The Hall–Kier alpha value is -1.26. The molecule has 0 fully saturated rings. The molecular weight excluding hydrogens is 230 g/mol. The van der Waals surface area contributed by atoms with Gasteiger partial charge >= 0.3 is 0 Å². The molecule has 0 aliphatic carbocycles. The summed E-state index contributed by atoms with van der Waals surface area (Å²) in [4.78, 5) is 1.27. The van der Waals surface area contributed by atoms with Crippen LogP contribution in [0.15, 0.2) is 30.3 Å². The number of hydrogen-bond acceptors (Lipinski definition) is 4. The first-order chi connectivity index (χ1) is 8.40. The van der Waals surface area contributed by atoms with Crippen molar-refractivity contribution in [1.29, 1.82) is 0 Å². The summed E-state index contributed by atoms with van der Waals surface area (Å²) in [7, 11) is 0. The summed E-state index contributed by atoms with van der Waals surface area (Å²) >= 11 is 1.50. The van der Waals surface area contributed by atoms with E-state index in [1.807, 2.05) is 6.07 Å². The van der Waals surface area contributed by atoms with Crippen molar-refractivity contribution in [3.05, 3.63) is 46.5 Å². The summed E-state index contributed by atoms with van der Waals surface area (Å²) in [5.74, 6) is 0. The molecule has 0 bridgehead atoms. The van der Waals surface area contributed by atoms with Gasteiger partial charge in [0.2, 0.25) is 0 Å². The summed E-state index contributed by atoms with van der Waals surface area (Å²) in [6.07, 6.45) is 2.15. The molecule has 0 spiro atoms. The monoisotopic (exact) mass is 247 g/mol. The maximum absolute atomic E-state index is 4.16. The van der Waals surface area contributed by atoms with E-state index in [0.29, 0.717) is 0 Å². The van der Waals surface area contributed by atoms with Gasteiger partial charge in [0.25, 0.3) is 0 Å². The van der Waals surface area contributed by atoms with Crippen molar-refractivity contribution in [2.45, 2.75) is 32.9 Å². The average Bonchev–Trinajstić information content (AvgIpc) is 2.79. The molecule has 1 N–H and O–H groups in total. The molecule has 1 aromatic heterocycles. The molecule has 0 aliphatic rings. The van der Waals surface area contributed by atoms with Crippen LogP contribution in [0, 0.1) is 0 Å².